The van der Waals surface area contributed by atoms with Gasteiger partial charge in [-0.1, -0.05) is 17.8 Å². The third kappa shape index (κ3) is 3.74. The number of nitrogens with zero attached hydrogens (tertiary/aromatic N) is 6. The van der Waals surface area contributed by atoms with Crippen molar-refractivity contribution in [2.75, 3.05) is 0 Å². The Balaban J connectivity index is 1.70. The third-order valence-electron chi connectivity index (χ3n) is 3.33. The fourth-order valence-electron chi connectivity index (χ4n) is 2.09. The van der Waals surface area contributed by atoms with Crippen LogP contribution in [0.3, 0.4) is 0 Å². The summed E-state index contributed by atoms with van der Waals surface area (Å²) in [5.74, 6) is 1.99. The molecule has 0 fully saturated rings. The van der Waals surface area contributed by atoms with Crippen molar-refractivity contribution in [2.24, 2.45) is 0 Å². The molecule has 128 valence electrons. The Morgan fingerprint density at radius 3 is 2.72 bits per heavy atom. The molecule has 2 aromatic heterocycles. The summed E-state index contributed by atoms with van der Waals surface area (Å²) in [4.78, 5) is 10.2. The van der Waals surface area contributed by atoms with Crippen molar-refractivity contribution in [1.82, 2.24) is 25.0 Å². The van der Waals surface area contributed by atoms with E-state index in [9.17, 15) is 10.1 Å². The van der Waals surface area contributed by atoms with Gasteiger partial charge < -0.3 is 8.98 Å². The minimum atomic E-state index is -0.457. The topological polar surface area (TPSA) is 113 Å². The molecule has 0 N–H and O–H groups in total. The average molecular weight is 358 g/mol. The van der Waals surface area contributed by atoms with Crippen molar-refractivity contribution in [2.45, 2.75) is 24.4 Å². The van der Waals surface area contributed by atoms with Gasteiger partial charge in [0, 0.05) is 24.2 Å². The summed E-state index contributed by atoms with van der Waals surface area (Å²) < 4.78 is 7.54. The molecule has 0 aliphatic carbocycles. The Morgan fingerprint density at radius 1 is 1.28 bits per heavy atom. The van der Waals surface area contributed by atoms with E-state index >= 15 is 0 Å². The van der Waals surface area contributed by atoms with Gasteiger partial charge in [0.2, 0.25) is 11.8 Å². The molecular formula is C15H14N6O3S. The van der Waals surface area contributed by atoms with Gasteiger partial charge in [-0.2, -0.15) is 0 Å². The monoisotopic (exact) mass is 358 g/mol. The lowest BCUT2D eigenvalue weighted by Crippen LogP contribution is -2.00. The van der Waals surface area contributed by atoms with Crippen LogP contribution in [0.2, 0.25) is 0 Å². The lowest BCUT2D eigenvalue weighted by Gasteiger charge is -2.03. The summed E-state index contributed by atoms with van der Waals surface area (Å²) in [7, 11) is 0. The Morgan fingerprint density at radius 2 is 2.04 bits per heavy atom. The molecule has 0 atom stereocenters. The molecule has 3 rings (SSSR count). The molecule has 2 heterocycles. The quantitative estimate of drug-likeness (QED) is 0.274. The van der Waals surface area contributed by atoms with E-state index in [1.807, 2.05) is 11.5 Å². The van der Waals surface area contributed by atoms with Crippen molar-refractivity contribution < 1.29 is 9.34 Å². The fourth-order valence-corrected chi connectivity index (χ4v) is 2.92. The Labute approximate surface area is 146 Å². The van der Waals surface area contributed by atoms with Crippen LogP contribution >= 0.6 is 11.8 Å². The third-order valence-corrected chi connectivity index (χ3v) is 4.28. The minimum absolute atomic E-state index is 0.0102. The smallest absolute Gasteiger partial charge is 0.269 e. The SMILES string of the molecule is C=CCn1c(C)nnc1SCc1nnc(-c2ccc([N+](=O)[O-])cc2)o1. The summed E-state index contributed by atoms with van der Waals surface area (Å²) in [6.45, 7) is 6.22. The van der Waals surface area contributed by atoms with Gasteiger partial charge in [0.05, 0.1) is 10.7 Å². The van der Waals surface area contributed by atoms with Gasteiger partial charge in [-0.15, -0.1) is 27.0 Å². The van der Waals surface area contributed by atoms with E-state index in [4.69, 9.17) is 4.42 Å². The van der Waals surface area contributed by atoms with Crippen LogP contribution < -0.4 is 0 Å². The molecule has 0 unspecified atom stereocenters. The predicted octanol–water partition coefficient (Wildman–Crippen LogP) is 3.02. The number of hydrogen-bond acceptors (Lipinski definition) is 8. The number of allylic oxidation sites excluding steroid dienone is 1. The maximum absolute atomic E-state index is 10.7. The molecule has 0 radical (unpaired) electrons. The van der Waals surface area contributed by atoms with Gasteiger partial charge in [0.1, 0.15) is 5.82 Å². The first-order chi connectivity index (χ1) is 12.1. The molecule has 0 saturated carbocycles. The number of thioether (sulfide) groups is 1. The largest absolute Gasteiger partial charge is 0.420 e. The molecule has 0 aliphatic rings. The van der Waals surface area contributed by atoms with Crippen molar-refractivity contribution in [1.29, 1.82) is 0 Å². The second-order valence-electron chi connectivity index (χ2n) is 5.02. The van der Waals surface area contributed by atoms with Crippen molar-refractivity contribution in [3.05, 3.63) is 58.7 Å². The summed E-state index contributed by atoms with van der Waals surface area (Å²) in [5.41, 5.74) is 0.635. The van der Waals surface area contributed by atoms with Crippen molar-refractivity contribution in [3.8, 4) is 11.5 Å². The zero-order valence-electron chi connectivity index (χ0n) is 13.3. The van der Waals surface area contributed by atoms with Crippen molar-refractivity contribution in [3.63, 3.8) is 0 Å². The number of benzene rings is 1. The molecule has 0 aliphatic heterocycles. The number of non-ortho nitro benzene ring substituents is 1. The first-order valence-corrected chi connectivity index (χ1v) is 8.27. The lowest BCUT2D eigenvalue weighted by molar-refractivity contribution is -0.384. The van der Waals surface area contributed by atoms with Crippen LogP contribution in [0.5, 0.6) is 0 Å². The fraction of sp³-hybridized carbons (Fsp3) is 0.200. The van der Waals surface area contributed by atoms with Gasteiger partial charge in [0.15, 0.2) is 5.16 Å². The first kappa shape index (κ1) is 16.8. The highest BCUT2D eigenvalue weighted by molar-refractivity contribution is 7.98. The van der Waals surface area contributed by atoms with E-state index < -0.39 is 4.92 Å². The number of rotatable bonds is 7. The van der Waals surface area contributed by atoms with E-state index in [1.54, 1.807) is 18.2 Å². The molecule has 0 amide bonds. The number of aromatic nitrogens is 5. The normalized spacial score (nSPS) is 10.8. The highest BCUT2D eigenvalue weighted by Crippen LogP contribution is 2.25. The maximum Gasteiger partial charge on any atom is 0.269 e. The number of nitro groups is 1. The van der Waals surface area contributed by atoms with Crippen LogP contribution in [0.15, 0.2) is 46.5 Å². The highest BCUT2D eigenvalue weighted by Gasteiger charge is 2.13. The number of nitro benzene ring substituents is 1. The molecule has 0 saturated heterocycles. The van der Waals surface area contributed by atoms with E-state index in [0.717, 1.165) is 11.0 Å². The van der Waals surface area contributed by atoms with Crippen LogP contribution in [0.4, 0.5) is 5.69 Å². The van der Waals surface area contributed by atoms with Gasteiger partial charge in [0.25, 0.3) is 5.69 Å². The van der Waals surface area contributed by atoms with Crippen molar-refractivity contribution >= 4 is 17.4 Å². The molecular weight excluding hydrogens is 344 g/mol. The molecule has 10 heteroatoms. The zero-order chi connectivity index (χ0) is 17.8. The van der Waals surface area contributed by atoms with Crippen LogP contribution in [0, 0.1) is 17.0 Å². The van der Waals surface area contributed by atoms with Gasteiger partial charge >= 0.3 is 0 Å². The molecule has 1 aromatic carbocycles. The van der Waals surface area contributed by atoms with E-state index in [0.29, 0.717) is 29.6 Å². The van der Waals surface area contributed by atoms with Crippen LogP contribution in [0.1, 0.15) is 11.7 Å². The number of hydrogen-bond donors (Lipinski definition) is 0. The second-order valence-corrected chi connectivity index (χ2v) is 5.97. The minimum Gasteiger partial charge on any atom is -0.420 e. The summed E-state index contributed by atoms with van der Waals surface area (Å²) >= 11 is 1.43. The van der Waals surface area contributed by atoms with Crippen LogP contribution in [-0.4, -0.2) is 29.9 Å². The molecule has 0 bridgehead atoms. The van der Waals surface area contributed by atoms with Crippen LogP contribution in [0.25, 0.3) is 11.5 Å². The highest BCUT2D eigenvalue weighted by atomic mass is 32.2. The molecule has 9 nitrogen and oxygen atoms in total. The predicted molar refractivity (Wildman–Crippen MR) is 90.9 cm³/mol. The Kier molecular flexibility index (Phi) is 4.89. The maximum atomic E-state index is 10.7. The van der Waals surface area contributed by atoms with Crippen LogP contribution in [-0.2, 0) is 12.3 Å². The summed E-state index contributed by atoms with van der Waals surface area (Å²) in [6, 6.07) is 5.95. The molecule has 3 aromatic rings. The Bertz CT molecular complexity index is 902. The van der Waals surface area contributed by atoms with Gasteiger partial charge in [-0.05, 0) is 19.1 Å². The summed E-state index contributed by atoms with van der Waals surface area (Å²) in [6.07, 6.45) is 1.78. The number of aryl methyl sites for hydroxylation is 1. The zero-order valence-corrected chi connectivity index (χ0v) is 14.1. The van der Waals surface area contributed by atoms with E-state index in [-0.39, 0.29) is 5.69 Å². The molecule has 0 spiro atoms. The lowest BCUT2D eigenvalue weighted by atomic mass is 10.2. The standard InChI is InChI=1S/C15H14N6O3S/c1-3-8-20-10(2)16-19-15(20)25-9-13-17-18-14(24-13)11-4-6-12(7-5-11)21(22)23/h3-7H,1,8-9H2,2H3. The van der Waals surface area contributed by atoms with Gasteiger partial charge in [-0.25, -0.2) is 0 Å². The first-order valence-electron chi connectivity index (χ1n) is 7.29. The molecule has 25 heavy (non-hydrogen) atoms. The average Bonchev–Trinajstić information content (AvgIpc) is 3.21. The second kappa shape index (κ2) is 7.26. The van der Waals surface area contributed by atoms with E-state index in [2.05, 4.69) is 27.0 Å². The summed E-state index contributed by atoms with van der Waals surface area (Å²) in [5, 5.41) is 27.6. The van der Waals surface area contributed by atoms with Gasteiger partial charge in [-0.3, -0.25) is 10.1 Å². The van der Waals surface area contributed by atoms with E-state index in [1.165, 1.54) is 23.9 Å². The Hall–Kier alpha value is -3.01.